The number of hydrogen-bond donors (Lipinski definition) is 2. The minimum Gasteiger partial charge on any atom is -0.490 e. The summed E-state index contributed by atoms with van der Waals surface area (Å²) in [7, 11) is 1.91. The zero-order valence-electron chi connectivity index (χ0n) is 19.2. The van der Waals surface area contributed by atoms with Crippen LogP contribution in [0.15, 0.2) is 42.5 Å². The molecule has 3 aromatic rings. The number of nitrogens with one attached hydrogen (secondary N) is 1. The molecule has 6 nitrogen and oxygen atoms in total. The highest BCUT2D eigenvalue weighted by atomic mass is 16.5. The van der Waals surface area contributed by atoms with Crippen molar-refractivity contribution in [1.29, 1.82) is 0 Å². The number of ether oxygens (including phenoxy) is 2. The third-order valence-corrected chi connectivity index (χ3v) is 7.02. The Morgan fingerprint density at radius 1 is 1.18 bits per heavy atom. The maximum absolute atomic E-state index is 11.8. The number of rotatable bonds is 6. The van der Waals surface area contributed by atoms with Crippen LogP contribution in [0.25, 0.3) is 22.2 Å². The van der Waals surface area contributed by atoms with Gasteiger partial charge in [-0.15, -0.1) is 0 Å². The largest absolute Gasteiger partial charge is 0.490 e. The van der Waals surface area contributed by atoms with Gasteiger partial charge in [-0.05, 0) is 55.6 Å². The number of carboxylic acids is 1. The summed E-state index contributed by atoms with van der Waals surface area (Å²) in [5.74, 6) is 0.423. The number of carboxylic acid groups (broad SMARTS) is 1. The predicted octanol–water partition coefficient (Wildman–Crippen LogP) is 5.05. The Balaban J connectivity index is 1.74. The van der Waals surface area contributed by atoms with Crippen molar-refractivity contribution in [2.24, 2.45) is 0 Å². The molecule has 1 aromatic heterocycles. The average molecular weight is 449 g/mol. The molecule has 0 bridgehead atoms. The Bertz CT molecular complexity index is 1150. The summed E-state index contributed by atoms with van der Waals surface area (Å²) in [5.41, 5.74) is 4.88. The first kappa shape index (κ1) is 22.0. The summed E-state index contributed by atoms with van der Waals surface area (Å²) in [6.45, 7) is 2.44. The number of nitrogens with zero attached hydrogens (tertiary/aromatic N) is 1. The molecular formula is C27H32N2O4. The van der Waals surface area contributed by atoms with Crippen LogP contribution in [0.3, 0.4) is 0 Å². The first-order valence-corrected chi connectivity index (χ1v) is 12.0. The molecule has 33 heavy (non-hydrogen) atoms. The van der Waals surface area contributed by atoms with Crippen molar-refractivity contribution in [1.82, 2.24) is 9.88 Å². The molecule has 1 aliphatic carbocycles. The minimum atomic E-state index is -0.900. The average Bonchev–Trinajstić information content (AvgIpc) is 3.14. The van der Waals surface area contributed by atoms with E-state index in [-0.39, 0.29) is 6.10 Å². The molecular weight excluding hydrogens is 416 g/mol. The van der Waals surface area contributed by atoms with E-state index >= 15 is 0 Å². The van der Waals surface area contributed by atoms with Gasteiger partial charge in [0.15, 0.2) is 0 Å². The Hall–Kier alpha value is -2.83. The van der Waals surface area contributed by atoms with Crippen LogP contribution in [-0.4, -0.2) is 48.6 Å². The highest BCUT2D eigenvalue weighted by Crippen LogP contribution is 2.47. The van der Waals surface area contributed by atoms with Crippen LogP contribution in [0.4, 0.5) is 0 Å². The summed E-state index contributed by atoms with van der Waals surface area (Å²) in [5, 5.41) is 14.0. The van der Waals surface area contributed by atoms with Crippen LogP contribution < -0.4 is 10.1 Å². The zero-order chi connectivity index (χ0) is 22.8. The van der Waals surface area contributed by atoms with E-state index in [4.69, 9.17) is 9.47 Å². The monoisotopic (exact) mass is 448 g/mol. The van der Waals surface area contributed by atoms with E-state index in [9.17, 15) is 9.90 Å². The van der Waals surface area contributed by atoms with Gasteiger partial charge in [0.05, 0.1) is 24.4 Å². The molecule has 2 heterocycles. The molecule has 6 heteroatoms. The van der Waals surface area contributed by atoms with Crippen molar-refractivity contribution in [2.45, 2.75) is 50.7 Å². The van der Waals surface area contributed by atoms with Gasteiger partial charge in [0, 0.05) is 23.0 Å². The van der Waals surface area contributed by atoms with Crippen molar-refractivity contribution >= 4 is 16.9 Å². The smallest absolute Gasteiger partial charge is 0.335 e. The summed E-state index contributed by atoms with van der Waals surface area (Å²) in [6, 6.07) is 13.8. The molecule has 1 atom stereocenters. The van der Waals surface area contributed by atoms with Gasteiger partial charge in [-0.25, -0.2) is 4.79 Å². The lowest BCUT2D eigenvalue weighted by atomic mass is 9.81. The highest BCUT2D eigenvalue weighted by Gasteiger charge is 2.30. The van der Waals surface area contributed by atoms with E-state index < -0.39 is 5.97 Å². The molecule has 2 N–H and O–H groups in total. The molecule has 2 aromatic carbocycles. The number of carbonyl (C=O) groups is 1. The lowest BCUT2D eigenvalue weighted by Crippen LogP contribution is -2.31. The normalized spacial score (nSPS) is 18.8. The highest BCUT2D eigenvalue weighted by molar-refractivity contribution is 5.98. The van der Waals surface area contributed by atoms with Crippen LogP contribution in [0.2, 0.25) is 0 Å². The second-order valence-electron chi connectivity index (χ2n) is 9.15. The summed E-state index contributed by atoms with van der Waals surface area (Å²) < 4.78 is 14.8. The van der Waals surface area contributed by atoms with Gasteiger partial charge in [0.25, 0.3) is 0 Å². The summed E-state index contributed by atoms with van der Waals surface area (Å²) in [6.07, 6.45) is 5.95. The molecule has 0 amide bonds. The second-order valence-corrected chi connectivity index (χ2v) is 9.15. The Morgan fingerprint density at radius 2 is 2.00 bits per heavy atom. The first-order valence-electron chi connectivity index (χ1n) is 12.0. The maximum Gasteiger partial charge on any atom is 0.335 e. The van der Waals surface area contributed by atoms with E-state index in [2.05, 4.69) is 22.0 Å². The third-order valence-electron chi connectivity index (χ3n) is 7.02. The van der Waals surface area contributed by atoms with E-state index in [1.54, 1.807) is 6.07 Å². The van der Waals surface area contributed by atoms with E-state index in [1.165, 1.54) is 24.8 Å². The number of likely N-dealkylation sites (N-methyl/N-ethyl adjacent to an activating group) is 1. The number of hydrogen-bond acceptors (Lipinski definition) is 4. The Morgan fingerprint density at radius 3 is 2.79 bits per heavy atom. The number of aromatic carboxylic acids is 1. The van der Waals surface area contributed by atoms with Crippen LogP contribution in [0, 0.1) is 0 Å². The van der Waals surface area contributed by atoms with Crippen molar-refractivity contribution in [3.05, 3.63) is 53.6 Å². The lowest BCUT2D eigenvalue weighted by molar-refractivity contribution is 0.0120. The fourth-order valence-electron chi connectivity index (χ4n) is 5.45. The number of aromatic nitrogens is 1. The van der Waals surface area contributed by atoms with E-state index in [0.29, 0.717) is 31.2 Å². The van der Waals surface area contributed by atoms with Crippen LogP contribution in [0.5, 0.6) is 5.75 Å². The molecule has 0 spiro atoms. The molecule has 1 aliphatic heterocycles. The topological polar surface area (TPSA) is 72.7 Å². The zero-order valence-corrected chi connectivity index (χ0v) is 19.2. The molecule has 0 radical (unpaired) electrons. The van der Waals surface area contributed by atoms with Crippen LogP contribution in [-0.2, 0) is 11.3 Å². The molecule has 5 rings (SSSR count). The summed E-state index contributed by atoms with van der Waals surface area (Å²) >= 11 is 0. The van der Waals surface area contributed by atoms with Gasteiger partial charge in [0.1, 0.15) is 18.5 Å². The van der Waals surface area contributed by atoms with Gasteiger partial charge < -0.3 is 24.5 Å². The lowest BCUT2D eigenvalue weighted by Gasteiger charge is -2.28. The first-order chi connectivity index (χ1) is 16.2. The van der Waals surface area contributed by atoms with Crippen molar-refractivity contribution in [2.75, 3.05) is 26.8 Å². The fraction of sp³-hybridized carbons (Fsp3) is 0.444. The van der Waals surface area contributed by atoms with Crippen molar-refractivity contribution in [3.8, 4) is 17.0 Å². The van der Waals surface area contributed by atoms with Gasteiger partial charge in [-0.1, -0.05) is 37.5 Å². The predicted molar refractivity (Wildman–Crippen MR) is 129 cm³/mol. The molecule has 0 saturated heterocycles. The Kier molecular flexibility index (Phi) is 6.38. The van der Waals surface area contributed by atoms with Crippen LogP contribution >= 0.6 is 0 Å². The molecule has 174 valence electrons. The van der Waals surface area contributed by atoms with Gasteiger partial charge >= 0.3 is 5.97 Å². The van der Waals surface area contributed by atoms with Gasteiger partial charge in [0.2, 0.25) is 0 Å². The van der Waals surface area contributed by atoms with E-state index in [0.717, 1.165) is 47.3 Å². The van der Waals surface area contributed by atoms with Crippen LogP contribution in [0.1, 0.15) is 53.9 Å². The fourth-order valence-corrected chi connectivity index (χ4v) is 5.45. The summed E-state index contributed by atoms with van der Waals surface area (Å²) in [4.78, 5) is 11.8. The molecule has 1 fully saturated rings. The quantitative estimate of drug-likeness (QED) is 0.516. The third kappa shape index (κ3) is 4.25. The van der Waals surface area contributed by atoms with Crippen molar-refractivity contribution < 1.29 is 19.4 Å². The minimum absolute atomic E-state index is 0.131. The SMILES string of the molecule is CNCCO[C@@H]1COc2ccccc2-c2c(C3CCCCC3)c3ccc(C(=O)O)cc3n2C1. The Labute approximate surface area is 194 Å². The molecule has 2 aliphatic rings. The molecule has 1 saturated carbocycles. The van der Waals surface area contributed by atoms with Crippen molar-refractivity contribution in [3.63, 3.8) is 0 Å². The van der Waals surface area contributed by atoms with E-state index in [1.807, 2.05) is 31.3 Å². The number of fused-ring (bicyclic) bond motifs is 5. The maximum atomic E-state index is 11.8. The number of benzene rings is 2. The molecule has 0 unspecified atom stereocenters. The standard InChI is InChI=1S/C27H32N2O4/c1-28-13-14-32-20-16-29-23-15-19(27(30)31)11-12-21(23)25(18-7-3-2-4-8-18)26(29)22-9-5-6-10-24(22)33-17-20/h5-6,9-12,15,18,20,28H,2-4,7-8,13-14,16-17H2,1H3,(H,30,31)/t20-/m0/s1. The number of para-hydroxylation sites is 1. The van der Waals surface area contributed by atoms with Gasteiger partial charge in [-0.3, -0.25) is 0 Å². The van der Waals surface area contributed by atoms with Gasteiger partial charge in [-0.2, -0.15) is 0 Å². The second kappa shape index (κ2) is 9.57.